The molecule has 0 bridgehead atoms. The number of aryl methyl sites for hydroxylation is 1. The van der Waals surface area contributed by atoms with Crippen LogP contribution in [0.5, 0.6) is 0 Å². The van der Waals surface area contributed by atoms with Gasteiger partial charge >= 0.3 is 0 Å². The highest BCUT2D eigenvalue weighted by molar-refractivity contribution is 6.33. The number of pyridine rings is 1. The Kier molecular flexibility index (Phi) is 5.47. The number of halogens is 1. The second kappa shape index (κ2) is 8.65. The molecule has 8 heteroatoms. The summed E-state index contributed by atoms with van der Waals surface area (Å²) in [6.45, 7) is 4.04. The summed E-state index contributed by atoms with van der Waals surface area (Å²) in [5.41, 5.74) is 10.3. The molecule has 0 radical (unpaired) electrons. The van der Waals surface area contributed by atoms with Crippen LogP contribution in [0, 0.1) is 11.8 Å². The summed E-state index contributed by atoms with van der Waals surface area (Å²) in [6.07, 6.45) is 10.6. The van der Waals surface area contributed by atoms with Crippen molar-refractivity contribution >= 4 is 39.4 Å². The van der Waals surface area contributed by atoms with Crippen LogP contribution < -0.4 is 5.73 Å². The zero-order chi connectivity index (χ0) is 25.3. The number of fused-ring (bicyclic) bond motifs is 3. The van der Waals surface area contributed by atoms with Crippen LogP contribution in [0.4, 0.5) is 5.82 Å². The zero-order valence-electron chi connectivity index (χ0n) is 21.2. The van der Waals surface area contributed by atoms with Gasteiger partial charge in [0.25, 0.3) is 0 Å². The smallest absolute Gasteiger partial charge is 0.163 e. The molecule has 4 aromatic rings. The highest BCUT2D eigenvalue weighted by Gasteiger charge is 2.54. The maximum Gasteiger partial charge on any atom is 0.163 e. The van der Waals surface area contributed by atoms with Crippen molar-refractivity contribution < 1.29 is 9.47 Å². The van der Waals surface area contributed by atoms with Crippen molar-refractivity contribution in [2.75, 3.05) is 5.73 Å². The Labute approximate surface area is 221 Å². The molecule has 1 saturated heterocycles. The largest absolute Gasteiger partial charge is 0.382 e. The van der Waals surface area contributed by atoms with Crippen LogP contribution >= 0.6 is 11.6 Å². The molecule has 3 aromatic heterocycles. The molecule has 3 aliphatic rings. The molecule has 2 aliphatic carbocycles. The molecule has 1 aliphatic heterocycles. The van der Waals surface area contributed by atoms with E-state index in [1.807, 2.05) is 19.9 Å². The molecule has 3 fully saturated rings. The monoisotopic (exact) mass is 517 g/mol. The van der Waals surface area contributed by atoms with Crippen LogP contribution in [0.25, 0.3) is 21.9 Å². The van der Waals surface area contributed by atoms with Gasteiger partial charge in [0.05, 0.1) is 28.4 Å². The Morgan fingerprint density at radius 1 is 1.11 bits per heavy atom. The van der Waals surface area contributed by atoms with Gasteiger partial charge in [0.2, 0.25) is 0 Å². The van der Waals surface area contributed by atoms with E-state index in [-0.39, 0.29) is 18.2 Å². The lowest BCUT2D eigenvalue weighted by atomic mass is 9.95. The van der Waals surface area contributed by atoms with Crippen LogP contribution in [0.2, 0.25) is 5.02 Å². The quantitative estimate of drug-likeness (QED) is 0.343. The van der Waals surface area contributed by atoms with Gasteiger partial charge in [0.15, 0.2) is 5.79 Å². The molecule has 1 aromatic carbocycles. The van der Waals surface area contributed by atoms with E-state index in [1.54, 1.807) is 6.33 Å². The average molecular weight is 518 g/mol. The minimum Gasteiger partial charge on any atom is -0.382 e. The number of nitrogens with zero attached hydrogens (tertiary/aromatic N) is 4. The number of hydrogen-bond donors (Lipinski definition) is 1. The minimum atomic E-state index is -0.592. The molecule has 2 saturated carbocycles. The van der Waals surface area contributed by atoms with Crippen molar-refractivity contribution in [1.29, 1.82) is 0 Å². The SMILES string of the molecule is CC1(C)O[C@@H]2[C@@H](CCc3ccc4cc(Cl)c(N)nc4c3)C[C@@H](n3ccc4c(CC5CC5)ncnc43)[C@@H]2O1. The fraction of sp³-hybridized carbons (Fsp3) is 0.483. The van der Waals surface area contributed by atoms with Gasteiger partial charge < -0.3 is 19.8 Å². The normalized spacial score (nSPS) is 26.8. The summed E-state index contributed by atoms with van der Waals surface area (Å²) in [5, 5.41) is 2.67. The second-order valence-electron chi connectivity index (χ2n) is 11.5. The van der Waals surface area contributed by atoms with Gasteiger partial charge in [-0.25, -0.2) is 15.0 Å². The highest BCUT2D eigenvalue weighted by Crippen LogP contribution is 2.49. The number of nitrogens with two attached hydrogens (primary N) is 1. The molecule has 7 nitrogen and oxygen atoms in total. The minimum absolute atomic E-state index is 0.00217. The second-order valence-corrected chi connectivity index (χ2v) is 11.9. The summed E-state index contributed by atoms with van der Waals surface area (Å²) < 4.78 is 15.3. The molecule has 192 valence electrons. The molecule has 2 N–H and O–H groups in total. The molecular formula is C29H32ClN5O2. The standard InChI is InChI=1S/C29H32ClN5O2/c1-29(2)36-25-19(8-6-17-5-7-18-13-21(30)27(31)34-22(18)11-17)14-24(26(25)37-29)35-10-9-20-23(12-16-3-4-16)32-15-33-28(20)35/h5,7,9-11,13,15-16,19,24-26H,3-4,6,8,12,14H2,1-2H3,(H2,31,34)/t19-,24+,25+,26-/m0/s1. The first kappa shape index (κ1) is 23.4. The van der Waals surface area contributed by atoms with E-state index in [4.69, 9.17) is 31.8 Å². The zero-order valence-corrected chi connectivity index (χ0v) is 22.0. The number of nitrogen functional groups attached to an aromatic ring is 1. The topological polar surface area (TPSA) is 88.1 Å². The van der Waals surface area contributed by atoms with E-state index in [2.05, 4.69) is 45.0 Å². The van der Waals surface area contributed by atoms with Gasteiger partial charge in [0.1, 0.15) is 23.9 Å². The van der Waals surface area contributed by atoms with Crippen LogP contribution in [-0.4, -0.2) is 37.5 Å². The first-order valence-electron chi connectivity index (χ1n) is 13.4. The van der Waals surface area contributed by atoms with Gasteiger partial charge in [-0.15, -0.1) is 0 Å². The van der Waals surface area contributed by atoms with E-state index < -0.39 is 5.79 Å². The van der Waals surface area contributed by atoms with E-state index >= 15 is 0 Å². The molecule has 4 heterocycles. The van der Waals surface area contributed by atoms with Crippen LogP contribution in [0.15, 0.2) is 42.9 Å². The lowest BCUT2D eigenvalue weighted by molar-refractivity contribution is -0.160. The Morgan fingerprint density at radius 2 is 1.95 bits per heavy atom. The molecule has 37 heavy (non-hydrogen) atoms. The lowest BCUT2D eigenvalue weighted by Gasteiger charge is -2.24. The predicted octanol–water partition coefficient (Wildman–Crippen LogP) is 5.88. The molecular weight excluding hydrogens is 486 g/mol. The Hall–Kier alpha value is -2.74. The predicted molar refractivity (Wildman–Crippen MR) is 144 cm³/mol. The van der Waals surface area contributed by atoms with E-state index in [0.29, 0.717) is 16.8 Å². The highest BCUT2D eigenvalue weighted by atomic mass is 35.5. The number of rotatable bonds is 6. The number of ether oxygens (including phenoxy) is 2. The van der Waals surface area contributed by atoms with Crippen molar-refractivity contribution in [2.45, 2.75) is 76.4 Å². The summed E-state index contributed by atoms with van der Waals surface area (Å²) in [7, 11) is 0. The first-order chi connectivity index (χ1) is 17.8. The van der Waals surface area contributed by atoms with Gasteiger partial charge in [0, 0.05) is 17.0 Å². The van der Waals surface area contributed by atoms with Gasteiger partial charge in [-0.05, 0) is 88.0 Å². The Balaban J connectivity index is 1.15. The fourth-order valence-corrected chi connectivity index (χ4v) is 6.53. The number of aromatic nitrogens is 4. The van der Waals surface area contributed by atoms with Crippen molar-refractivity contribution in [3.8, 4) is 0 Å². The molecule has 4 atom stereocenters. The van der Waals surface area contributed by atoms with E-state index in [1.165, 1.54) is 29.5 Å². The Morgan fingerprint density at radius 3 is 2.78 bits per heavy atom. The van der Waals surface area contributed by atoms with Crippen LogP contribution in [-0.2, 0) is 22.3 Å². The van der Waals surface area contributed by atoms with Crippen molar-refractivity contribution in [3.05, 3.63) is 59.1 Å². The summed E-state index contributed by atoms with van der Waals surface area (Å²) >= 11 is 6.15. The lowest BCUT2D eigenvalue weighted by Crippen LogP contribution is -2.27. The summed E-state index contributed by atoms with van der Waals surface area (Å²) in [4.78, 5) is 13.8. The van der Waals surface area contributed by atoms with Crippen LogP contribution in [0.3, 0.4) is 0 Å². The fourth-order valence-electron chi connectivity index (χ4n) is 6.37. The molecule has 0 spiro atoms. The number of benzene rings is 1. The van der Waals surface area contributed by atoms with Gasteiger partial charge in [-0.2, -0.15) is 0 Å². The van der Waals surface area contributed by atoms with Gasteiger partial charge in [-0.1, -0.05) is 23.7 Å². The number of hydrogen-bond acceptors (Lipinski definition) is 6. The Bertz CT molecular complexity index is 1500. The average Bonchev–Trinajstić information content (AvgIpc) is 3.35. The summed E-state index contributed by atoms with van der Waals surface area (Å²) in [5.74, 6) is 0.939. The molecule has 7 rings (SSSR count). The van der Waals surface area contributed by atoms with E-state index in [9.17, 15) is 0 Å². The van der Waals surface area contributed by atoms with Crippen molar-refractivity contribution in [2.24, 2.45) is 11.8 Å². The van der Waals surface area contributed by atoms with Gasteiger partial charge in [-0.3, -0.25) is 0 Å². The summed E-state index contributed by atoms with van der Waals surface area (Å²) in [6, 6.07) is 10.6. The molecule has 0 unspecified atom stereocenters. The van der Waals surface area contributed by atoms with E-state index in [0.717, 1.165) is 48.2 Å². The maximum absolute atomic E-state index is 6.50. The third-order valence-electron chi connectivity index (χ3n) is 8.35. The molecule has 0 amide bonds. The third-order valence-corrected chi connectivity index (χ3v) is 8.65. The van der Waals surface area contributed by atoms with Crippen molar-refractivity contribution in [3.63, 3.8) is 0 Å². The van der Waals surface area contributed by atoms with Crippen LogP contribution in [0.1, 0.15) is 56.8 Å². The first-order valence-corrected chi connectivity index (χ1v) is 13.7. The van der Waals surface area contributed by atoms with Crippen molar-refractivity contribution in [1.82, 2.24) is 19.5 Å². The maximum atomic E-state index is 6.50. The third kappa shape index (κ3) is 4.27. The number of anilines is 1.